The highest BCUT2D eigenvalue weighted by molar-refractivity contribution is 6.07. The second-order valence-corrected chi connectivity index (χ2v) is 9.71. The lowest BCUT2D eigenvalue weighted by Gasteiger charge is -2.44. The van der Waals surface area contributed by atoms with Crippen LogP contribution in [0.2, 0.25) is 0 Å². The lowest BCUT2D eigenvalue weighted by Crippen LogP contribution is -3.00. The third-order valence-electron chi connectivity index (χ3n) is 6.88. The second-order valence-electron chi connectivity index (χ2n) is 9.71. The number of rotatable bonds is 2. The summed E-state index contributed by atoms with van der Waals surface area (Å²) in [4.78, 5) is 2.42. The normalized spacial score (nSPS) is 20.7. The summed E-state index contributed by atoms with van der Waals surface area (Å²) in [5.74, 6) is 0. The molecule has 2 aromatic carbocycles. The van der Waals surface area contributed by atoms with E-state index in [2.05, 4.69) is 118 Å². The molecule has 2 heterocycles. The Kier molecular flexibility index (Phi) is 6.33. The molecule has 0 radical (unpaired) electrons. The van der Waals surface area contributed by atoms with E-state index in [0.29, 0.717) is 0 Å². The monoisotopic (exact) mass is 512 g/mol. The summed E-state index contributed by atoms with van der Waals surface area (Å²) in [5.41, 5.74) is 8.37. The number of hydrogen-bond acceptors (Lipinski definition) is 1. The lowest BCUT2D eigenvalue weighted by molar-refractivity contribution is -0.575. The molecule has 0 atom stereocenters. The Morgan fingerprint density at radius 3 is 2.10 bits per heavy atom. The van der Waals surface area contributed by atoms with Crippen LogP contribution in [-0.2, 0) is 12.8 Å². The molecule has 0 bridgehead atoms. The number of benzene rings is 2. The van der Waals surface area contributed by atoms with Gasteiger partial charge in [-0.1, -0.05) is 48.5 Å². The van der Waals surface area contributed by atoms with Crippen molar-refractivity contribution in [3.63, 3.8) is 0 Å². The minimum absolute atomic E-state index is 0. The standard InChI is InChI=1S/C27H33N2.HI/c1-26(2)18-20-12-7-9-14-22(20)24(28(26)5)16-11-17-25-23-15-10-8-13-21(23)19-27(3,4)29(25)6;/h7-17H,18-19H2,1-6H3;1H/q+1;/p-1. The van der Waals surface area contributed by atoms with Gasteiger partial charge in [-0.25, -0.2) is 4.58 Å². The van der Waals surface area contributed by atoms with Gasteiger partial charge in [-0.3, -0.25) is 0 Å². The number of nitrogens with zero attached hydrogens (tertiary/aromatic N) is 2. The van der Waals surface area contributed by atoms with Crippen molar-refractivity contribution in [2.75, 3.05) is 14.1 Å². The molecule has 0 fully saturated rings. The van der Waals surface area contributed by atoms with Crippen LogP contribution in [0.3, 0.4) is 0 Å². The fourth-order valence-corrected chi connectivity index (χ4v) is 4.67. The zero-order valence-corrected chi connectivity index (χ0v) is 21.2. The highest BCUT2D eigenvalue weighted by Crippen LogP contribution is 2.36. The van der Waals surface area contributed by atoms with Crippen molar-refractivity contribution in [3.8, 4) is 0 Å². The van der Waals surface area contributed by atoms with Crippen LogP contribution in [-0.4, -0.2) is 40.4 Å². The predicted octanol–water partition coefficient (Wildman–Crippen LogP) is 2.32. The molecule has 0 aliphatic carbocycles. The van der Waals surface area contributed by atoms with Gasteiger partial charge in [-0.05, 0) is 43.5 Å². The molecular weight excluding hydrogens is 479 g/mol. The fourth-order valence-electron chi connectivity index (χ4n) is 4.67. The third-order valence-corrected chi connectivity index (χ3v) is 6.88. The minimum atomic E-state index is 0. The summed E-state index contributed by atoms with van der Waals surface area (Å²) < 4.78 is 2.42. The average Bonchev–Trinajstić information content (AvgIpc) is 2.67. The van der Waals surface area contributed by atoms with Crippen molar-refractivity contribution in [1.82, 2.24) is 4.90 Å². The Morgan fingerprint density at radius 1 is 0.867 bits per heavy atom. The Hall–Kier alpha value is -1.88. The van der Waals surface area contributed by atoms with Gasteiger partial charge in [0.2, 0.25) is 5.71 Å². The number of likely N-dealkylation sites (N-methyl/N-ethyl adjacent to an activating group) is 2. The molecule has 2 aromatic rings. The van der Waals surface area contributed by atoms with E-state index < -0.39 is 0 Å². The van der Waals surface area contributed by atoms with Crippen molar-refractivity contribution in [2.45, 2.75) is 51.6 Å². The van der Waals surface area contributed by atoms with Gasteiger partial charge in [0.05, 0.1) is 0 Å². The van der Waals surface area contributed by atoms with Crippen LogP contribution in [0.25, 0.3) is 5.70 Å². The smallest absolute Gasteiger partial charge is 0.207 e. The van der Waals surface area contributed by atoms with Gasteiger partial charge in [-0.2, -0.15) is 0 Å². The number of hydrogen-bond donors (Lipinski definition) is 0. The zero-order valence-electron chi connectivity index (χ0n) is 19.0. The van der Waals surface area contributed by atoms with Crippen LogP contribution < -0.4 is 24.0 Å². The summed E-state index contributed by atoms with van der Waals surface area (Å²) in [5, 5.41) is 0. The molecule has 2 aliphatic heterocycles. The van der Waals surface area contributed by atoms with Crippen molar-refractivity contribution in [2.24, 2.45) is 0 Å². The SMILES string of the molecule is CN1/C(=C/C=C/C2=[N+](C)C(C)(C)Cc3ccccc32)c2ccccc2CC1(C)C.[I-]. The van der Waals surface area contributed by atoms with Gasteiger partial charge < -0.3 is 28.9 Å². The highest BCUT2D eigenvalue weighted by Gasteiger charge is 2.36. The summed E-state index contributed by atoms with van der Waals surface area (Å²) >= 11 is 0. The molecule has 4 rings (SSSR count). The van der Waals surface area contributed by atoms with E-state index in [-0.39, 0.29) is 35.1 Å². The van der Waals surface area contributed by atoms with Crippen LogP contribution in [0.5, 0.6) is 0 Å². The zero-order chi connectivity index (χ0) is 20.8. The van der Waals surface area contributed by atoms with Crippen LogP contribution >= 0.6 is 0 Å². The first-order chi connectivity index (χ1) is 13.7. The van der Waals surface area contributed by atoms with Crippen molar-refractivity contribution in [3.05, 3.63) is 89.0 Å². The first-order valence-corrected chi connectivity index (χ1v) is 10.6. The van der Waals surface area contributed by atoms with Crippen LogP contribution in [0.4, 0.5) is 0 Å². The number of halogens is 1. The highest BCUT2D eigenvalue weighted by atomic mass is 127. The molecule has 2 nitrogen and oxygen atoms in total. The van der Waals surface area contributed by atoms with Gasteiger partial charge >= 0.3 is 0 Å². The molecular formula is C27H33IN2. The molecule has 30 heavy (non-hydrogen) atoms. The van der Waals surface area contributed by atoms with Gasteiger partial charge in [0, 0.05) is 55.8 Å². The van der Waals surface area contributed by atoms with E-state index in [1.807, 2.05) is 0 Å². The van der Waals surface area contributed by atoms with E-state index in [1.54, 1.807) is 0 Å². The van der Waals surface area contributed by atoms with Crippen molar-refractivity contribution < 1.29 is 28.6 Å². The molecule has 3 heteroatoms. The quantitative estimate of drug-likeness (QED) is 0.443. The van der Waals surface area contributed by atoms with E-state index in [4.69, 9.17) is 0 Å². The summed E-state index contributed by atoms with van der Waals surface area (Å²) in [6, 6.07) is 17.6. The molecule has 2 aliphatic rings. The van der Waals surface area contributed by atoms with Crippen molar-refractivity contribution in [1.29, 1.82) is 0 Å². The summed E-state index contributed by atoms with van der Waals surface area (Å²) in [6.45, 7) is 9.29. The topological polar surface area (TPSA) is 6.25 Å². The Morgan fingerprint density at radius 2 is 1.43 bits per heavy atom. The van der Waals surface area contributed by atoms with E-state index >= 15 is 0 Å². The molecule has 0 aromatic heterocycles. The van der Waals surface area contributed by atoms with Crippen LogP contribution in [0.15, 0.2) is 66.8 Å². The second kappa shape index (κ2) is 8.33. The maximum atomic E-state index is 2.42. The molecule has 0 N–H and O–H groups in total. The first-order valence-electron chi connectivity index (χ1n) is 10.6. The molecule has 0 spiro atoms. The van der Waals surface area contributed by atoms with Crippen molar-refractivity contribution >= 4 is 11.4 Å². The largest absolute Gasteiger partial charge is 1.00 e. The van der Waals surface area contributed by atoms with Crippen LogP contribution in [0, 0.1) is 0 Å². The Balaban J connectivity index is 0.00000256. The van der Waals surface area contributed by atoms with E-state index in [9.17, 15) is 0 Å². The van der Waals surface area contributed by atoms with Gasteiger partial charge in [-0.15, -0.1) is 0 Å². The maximum Gasteiger partial charge on any atom is 0.207 e. The van der Waals surface area contributed by atoms with Gasteiger partial charge in [0.25, 0.3) is 0 Å². The number of fused-ring (bicyclic) bond motifs is 2. The lowest BCUT2D eigenvalue weighted by atomic mass is 9.84. The van der Waals surface area contributed by atoms with Gasteiger partial charge in [0.1, 0.15) is 7.05 Å². The predicted molar refractivity (Wildman–Crippen MR) is 124 cm³/mol. The summed E-state index contributed by atoms with van der Waals surface area (Å²) in [6.07, 6.45) is 8.94. The maximum absolute atomic E-state index is 2.42. The first kappa shape index (κ1) is 22.8. The van der Waals surface area contributed by atoms with Gasteiger partial charge in [0.15, 0.2) is 5.54 Å². The number of allylic oxidation sites excluding steroid dienone is 3. The average molecular weight is 512 g/mol. The molecule has 0 saturated carbocycles. The van der Waals surface area contributed by atoms with Crippen LogP contribution in [0.1, 0.15) is 49.9 Å². The van der Waals surface area contributed by atoms with E-state index in [1.165, 1.54) is 33.7 Å². The minimum Gasteiger partial charge on any atom is -1.00 e. The molecule has 0 saturated heterocycles. The third kappa shape index (κ3) is 4.01. The Labute approximate surface area is 199 Å². The molecule has 158 valence electrons. The Bertz CT molecular complexity index is 1040. The molecule has 0 unspecified atom stereocenters. The molecule has 0 amide bonds. The fraction of sp³-hybridized carbons (Fsp3) is 0.370. The van der Waals surface area contributed by atoms with E-state index in [0.717, 1.165) is 12.8 Å². The summed E-state index contributed by atoms with van der Waals surface area (Å²) in [7, 11) is 4.43.